The average molecular weight is 324 g/mol. The Kier molecular flexibility index (Phi) is 4.98. The minimum absolute atomic E-state index is 0.191. The number of benzene rings is 1. The highest BCUT2D eigenvalue weighted by Crippen LogP contribution is 2.27. The monoisotopic (exact) mass is 324 g/mol. The van der Waals surface area contributed by atoms with Gasteiger partial charge in [0.2, 0.25) is 0 Å². The summed E-state index contributed by atoms with van der Waals surface area (Å²) >= 11 is 0. The minimum Gasteiger partial charge on any atom is -0.393 e. The van der Waals surface area contributed by atoms with Gasteiger partial charge < -0.3 is 10.0 Å². The van der Waals surface area contributed by atoms with Crippen LogP contribution >= 0.6 is 0 Å². The van der Waals surface area contributed by atoms with Crippen LogP contribution in [0.1, 0.15) is 36.2 Å². The number of hydrogen-bond acceptors (Lipinski definition) is 4. The van der Waals surface area contributed by atoms with Gasteiger partial charge in [0.05, 0.1) is 28.7 Å². The van der Waals surface area contributed by atoms with Gasteiger partial charge in [-0.3, -0.25) is 0 Å². The number of hydrogen-bond donors (Lipinski definition) is 1. The van der Waals surface area contributed by atoms with Gasteiger partial charge in [0, 0.05) is 13.1 Å². The Balaban J connectivity index is 1.85. The van der Waals surface area contributed by atoms with Crippen molar-refractivity contribution in [3.05, 3.63) is 47.3 Å². The van der Waals surface area contributed by atoms with Gasteiger partial charge in [0.1, 0.15) is 6.07 Å². The first kappa shape index (κ1) is 16.7. The molecule has 126 valence electrons. The van der Waals surface area contributed by atoms with Crippen LogP contribution in [0.5, 0.6) is 0 Å². The Morgan fingerprint density at radius 3 is 2.71 bits per heavy atom. The van der Waals surface area contributed by atoms with E-state index < -0.39 is 0 Å². The lowest BCUT2D eigenvalue weighted by Gasteiger charge is -2.23. The van der Waals surface area contributed by atoms with E-state index in [9.17, 15) is 10.4 Å². The molecule has 1 aromatic carbocycles. The minimum atomic E-state index is -0.191. The fourth-order valence-electron chi connectivity index (χ4n) is 3.60. The predicted octanol–water partition coefficient (Wildman–Crippen LogP) is 2.65. The second-order valence-corrected chi connectivity index (χ2v) is 6.72. The van der Waals surface area contributed by atoms with E-state index in [-0.39, 0.29) is 6.10 Å². The van der Waals surface area contributed by atoms with Crippen LogP contribution in [0.3, 0.4) is 0 Å². The van der Waals surface area contributed by atoms with Crippen LogP contribution in [0, 0.1) is 24.2 Å². The second-order valence-electron chi connectivity index (χ2n) is 6.72. The number of aliphatic hydroxyl groups excluding tert-OH is 1. The second kappa shape index (κ2) is 7.16. The Bertz CT molecular complexity index is 732. The molecule has 1 aliphatic carbocycles. The zero-order valence-corrected chi connectivity index (χ0v) is 14.3. The number of nitrogens with zero attached hydrogens (tertiary/aromatic N) is 4. The molecule has 1 N–H and O–H groups in total. The largest absolute Gasteiger partial charge is 0.393 e. The molecule has 1 fully saturated rings. The lowest BCUT2D eigenvalue weighted by atomic mass is 10.1. The molecule has 1 aromatic heterocycles. The Hall–Kier alpha value is -2.16. The van der Waals surface area contributed by atoms with Crippen LogP contribution < -0.4 is 0 Å². The van der Waals surface area contributed by atoms with Gasteiger partial charge in [0.25, 0.3) is 0 Å². The van der Waals surface area contributed by atoms with Crippen molar-refractivity contribution in [1.82, 2.24) is 14.7 Å². The first-order chi connectivity index (χ1) is 11.6. The molecule has 0 aliphatic heterocycles. The molecule has 1 saturated carbocycles. The molecule has 5 heteroatoms. The summed E-state index contributed by atoms with van der Waals surface area (Å²) in [5.41, 5.74) is 3.28. The molecular formula is C19H24N4O. The van der Waals surface area contributed by atoms with Crippen molar-refractivity contribution in [3.63, 3.8) is 0 Å². The van der Waals surface area contributed by atoms with Crippen LogP contribution in [-0.4, -0.2) is 39.5 Å². The smallest absolute Gasteiger partial charge is 0.103 e. The lowest BCUT2D eigenvalue weighted by molar-refractivity contribution is 0.107. The van der Waals surface area contributed by atoms with E-state index in [2.05, 4.69) is 16.1 Å². The molecule has 3 rings (SSSR count). The van der Waals surface area contributed by atoms with E-state index in [1.54, 1.807) is 0 Å². The van der Waals surface area contributed by atoms with E-state index in [1.165, 1.54) is 0 Å². The first-order valence-corrected chi connectivity index (χ1v) is 8.50. The topological polar surface area (TPSA) is 65.1 Å². The maximum Gasteiger partial charge on any atom is 0.103 e. The number of nitriles is 1. The average Bonchev–Trinajstić information content (AvgIpc) is 3.11. The van der Waals surface area contributed by atoms with E-state index in [0.717, 1.165) is 42.9 Å². The van der Waals surface area contributed by atoms with Gasteiger partial charge in [-0.25, -0.2) is 4.68 Å². The number of aromatic nitrogens is 2. The van der Waals surface area contributed by atoms with E-state index in [4.69, 9.17) is 0 Å². The molecule has 2 atom stereocenters. The third-order valence-corrected chi connectivity index (χ3v) is 4.85. The molecule has 0 bridgehead atoms. The Morgan fingerprint density at radius 1 is 1.33 bits per heavy atom. The van der Waals surface area contributed by atoms with Crippen LogP contribution in [0.15, 0.2) is 30.3 Å². The highest BCUT2D eigenvalue weighted by Gasteiger charge is 2.27. The maximum atomic E-state index is 10.0. The first-order valence-electron chi connectivity index (χ1n) is 8.50. The summed E-state index contributed by atoms with van der Waals surface area (Å²) in [5, 5.41) is 24.2. The van der Waals surface area contributed by atoms with Crippen LogP contribution in [0.25, 0.3) is 5.69 Å². The van der Waals surface area contributed by atoms with Crippen molar-refractivity contribution < 1.29 is 5.11 Å². The molecule has 2 aromatic rings. The number of rotatable bonds is 5. The molecule has 24 heavy (non-hydrogen) atoms. The van der Waals surface area contributed by atoms with Crippen LogP contribution in [-0.2, 0) is 6.54 Å². The number of aryl methyl sites for hydroxylation is 1. The lowest BCUT2D eigenvalue weighted by Crippen LogP contribution is -2.30. The predicted molar refractivity (Wildman–Crippen MR) is 92.7 cm³/mol. The quantitative estimate of drug-likeness (QED) is 0.918. The summed E-state index contributed by atoms with van der Waals surface area (Å²) < 4.78 is 1.87. The van der Waals surface area contributed by atoms with Crippen molar-refractivity contribution in [2.75, 3.05) is 13.6 Å². The van der Waals surface area contributed by atoms with Crippen molar-refractivity contribution >= 4 is 0 Å². The summed E-state index contributed by atoms with van der Waals surface area (Å²) in [7, 11) is 2.05. The summed E-state index contributed by atoms with van der Waals surface area (Å²) in [4.78, 5) is 2.19. The standard InChI is InChI=1S/C19H24N4O/c1-14-17(11-20)18(23(21-14)16-8-4-3-5-9-16)13-22(2)12-15-7-6-10-19(15)24/h3-5,8-9,15,19,24H,6-7,10,12-13H2,1-2H3. The Morgan fingerprint density at radius 2 is 2.08 bits per heavy atom. The van der Waals surface area contributed by atoms with E-state index in [1.807, 2.05) is 49.0 Å². The molecule has 1 aliphatic rings. The maximum absolute atomic E-state index is 10.0. The molecule has 0 amide bonds. The third-order valence-electron chi connectivity index (χ3n) is 4.85. The summed E-state index contributed by atoms with van der Waals surface area (Å²) in [6, 6.07) is 12.2. The summed E-state index contributed by atoms with van der Waals surface area (Å²) in [5.74, 6) is 0.328. The molecule has 2 unspecified atom stereocenters. The van der Waals surface area contributed by atoms with E-state index >= 15 is 0 Å². The van der Waals surface area contributed by atoms with Crippen molar-refractivity contribution in [1.29, 1.82) is 5.26 Å². The zero-order chi connectivity index (χ0) is 17.1. The van der Waals surface area contributed by atoms with Gasteiger partial charge in [0.15, 0.2) is 0 Å². The highest BCUT2D eigenvalue weighted by atomic mass is 16.3. The fraction of sp³-hybridized carbons (Fsp3) is 0.474. The molecular weight excluding hydrogens is 300 g/mol. The van der Waals surface area contributed by atoms with Crippen LogP contribution in [0.4, 0.5) is 0 Å². The highest BCUT2D eigenvalue weighted by molar-refractivity contribution is 5.43. The zero-order valence-electron chi connectivity index (χ0n) is 14.3. The van der Waals surface area contributed by atoms with Gasteiger partial charge in [-0.05, 0) is 44.9 Å². The normalized spacial score (nSPS) is 20.5. The molecule has 0 spiro atoms. The number of para-hydroxylation sites is 1. The van der Waals surface area contributed by atoms with Crippen molar-refractivity contribution in [2.45, 2.75) is 38.8 Å². The summed E-state index contributed by atoms with van der Waals surface area (Å²) in [6.07, 6.45) is 2.89. The van der Waals surface area contributed by atoms with E-state index in [0.29, 0.717) is 18.0 Å². The van der Waals surface area contributed by atoms with Crippen molar-refractivity contribution in [3.8, 4) is 11.8 Å². The van der Waals surface area contributed by atoms with Gasteiger partial charge >= 0.3 is 0 Å². The number of aliphatic hydroxyl groups is 1. The molecule has 0 radical (unpaired) electrons. The van der Waals surface area contributed by atoms with Gasteiger partial charge in [-0.15, -0.1) is 0 Å². The van der Waals surface area contributed by atoms with Gasteiger partial charge in [-0.1, -0.05) is 24.6 Å². The third kappa shape index (κ3) is 3.35. The molecule has 5 nitrogen and oxygen atoms in total. The van der Waals surface area contributed by atoms with Crippen molar-refractivity contribution in [2.24, 2.45) is 5.92 Å². The molecule has 1 heterocycles. The van der Waals surface area contributed by atoms with Crippen LogP contribution in [0.2, 0.25) is 0 Å². The SMILES string of the molecule is Cc1nn(-c2ccccc2)c(CN(C)CC2CCCC2O)c1C#N. The fourth-order valence-corrected chi connectivity index (χ4v) is 3.60. The Labute approximate surface area is 143 Å². The molecule has 0 saturated heterocycles. The summed E-state index contributed by atoms with van der Waals surface area (Å²) in [6.45, 7) is 3.36. The van der Waals surface area contributed by atoms with Gasteiger partial charge in [-0.2, -0.15) is 10.4 Å².